The Hall–Kier alpha value is -0.0400. The highest BCUT2D eigenvalue weighted by Gasteiger charge is 2.26. The molecule has 1 aliphatic carbocycles. The second-order valence-electron chi connectivity index (χ2n) is 5.25. The Bertz CT molecular complexity index is 155. The average Bonchev–Trinajstić information content (AvgIpc) is 2.50. The zero-order valence-corrected chi connectivity index (χ0v) is 10.9. The summed E-state index contributed by atoms with van der Waals surface area (Å²) in [6.07, 6.45) is 9.83. The second-order valence-corrected chi connectivity index (χ2v) is 5.25. The molecule has 1 N–H and O–H groups in total. The van der Waals surface area contributed by atoms with E-state index in [0.717, 1.165) is 17.9 Å². The lowest BCUT2D eigenvalue weighted by Gasteiger charge is -2.30. The van der Waals surface area contributed by atoms with Crippen molar-refractivity contribution in [3.8, 4) is 0 Å². The van der Waals surface area contributed by atoms with Gasteiger partial charge in [0.25, 0.3) is 0 Å². The van der Waals surface area contributed by atoms with Crippen molar-refractivity contribution in [2.45, 2.75) is 71.8 Å². The molecule has 0 radical (unpaired) electrons. The van der Waals surface area contributed by atoms with Crippen molar-refractivity contribution >= 4 is 0 Å². The Morgan fingerprint density at radius 2 is 1.87 bits per heavy atom. The zero-order valence-electron chi connectivity index (χ0n) is 10.9. The summed E-state index contributed by atoms with van der Waals surface area (Å²) < 4.78 is 0. The maximum atomic E-state index is 3.78. The summed E-state index contributed by atoms with van der Waals surface area (Å²) in [5, 5.41) is 3.78. The molecule has 0 bridgehead atoms. The summed E-state index contributed by atoms with van der Waals surface area (Å²) in [6.45, 7) is 8.25. The third kappa shape index (κ3) is 4.14. The first-order valence-electron chi connectivity index (χ1n) is 7.03. The Balaban J connectivity index is 2.50. The Morgan fingerprint density at radius 3 is 2.53 bits per heavy atom. The highest BCUT2D eigenvalue weighted by molar-refractivity contribution is 4.82. The first kappa shape index (κ1) is 13.0. The van der Waals surface area contributed by atoms with E-state index in [2.05, 4.69) is 26.1 Å². The van der Waals surface area contributed by atoms with Crippen LogP contribution in [-0.2, 0) is 0 Å². The Morgan fingerprint density at radius 1 is 1.13 bits per heavy atom. The van der Waals surface area contributed by atoms with Gasteiger partial charge in [0.1, 0.15) is 0 Å². The van der Waals surface area contributed by atoms with E-state index in [-0.39, 0.29) is 0 Å². The first-order valence-corrected chi connectivity index (χ1v) is 7.03. The van der Waals surface area contributed by atoms with E-state index >= 15 is 0 Å². The number of rotatable bonds is 5. The zero-order chi connectivity index (χ0) is 11.1. The molecule has 3 unspecified atom stereocenters. The highest BCUT2D eigenvalue weighted by Crippen LogP contribution is 2.30. The fourth-order valence-electron chi connectivity index (χ4n) is 2.90. The van der Waals surface area contributed by atoms with Crippen molar-refractivity contribution in [1.82, 2.24) is 5.32 Å². The van der Waals surface area contributed by atoms with Crippen LogP contribution in [0.1, 0.15) is 65.7 Å². The van der Waals surface area contributed by atoms with Crippen molar-refractivity contribution in [3.63, 3.8) is 0 Å². The molecule has 1 aliphatic rings. The molecule has 0 spiro atoms. The molecule has 0 aromatic carbocycles. The van der Waals surface area contributed by atoms with Crippen LogP contribution in [0.25, 0.3) is 0 Å². The third-order valence-electron chi connectivity index (χ3n) is 4.10. The van der Waals surface area contributed by atoms with E-state index in [1.54, 1.807) is 0 Å². The van der Waals surface area contributed by atoms with Gasteiger partial charge < -0.3 is 5.32 Å². The van der Waals surface area contributed by atoms with Gasteiger partial charge in [-0.3, -0.25) is 0 Å². The smallest absolute Gasteiger partial charge is 0.00978 e. The Labute approximate surface area is 96.0 Å². The van der Waals surface area contributed by atoms with Gasteiger partial charge >= 0.3 is 0 Å². The molecule has 1 saturated carbocycles. The second kappa shape index (κ2) is 7.27. The lowest BCUT2D eigenvalue weighted by molar-refractivity contribution is 0.242. The van der Waals surface area contributed by atoms with Gasteiger partial charge in [0.2, 0.25) is 0 Å². The number of nitrogens with one attached hydrogen (secondary N) is 1. The molecule has 1 heteroatoms. The molecule has 0 aliphatic heterocycles. The lowest BCUT2D eigenvalue weighted by Crippen LogP contribution is -2.38. The molecular weight excluding hydrogens is 182 g/mol. The van der Waals surface area contributed by atoms with Crippen LogP contribution in [0.5, 0.6) is 0 Å². The van der Waals surface area contributed by atoms with E-state index in [9.17, 15) is 0 Å². The topological polar surface area (TPSA) is 12.0 Å². The minimum atomic E-state index is 0.808. The molecule has 90 valence electrons. The van der Waals surface area contributed by atoms with Gasteiger partial charge in [-0.1, -0.05) is 46.5 Å². The molecule has 15 heavy (non-hydrogen) atoms. The Kier molecular flexibility index (Phi) is 6.31. The van der Waals surface area contributed by atoms with E-state index in [1.165, 1.54) is 51.5 Å². The molecule has 0 aromatic rings. The van der Waals surface area contributed by atoms with Crippen molar-refractivity contribution < 1.29 is 0 Å². The molecule has 0 heterocycles. The standard InChI is InChI=1S/C14H29N/c1-4-11-15-14-10-8-6-7-9-13(14)12(3)5-2/h12-15H,4-11H2,1-3H3. The van der Waals surface area contributed by atoms with E-state index in [0.29, 0.717) is 0 Å². The fraction of sp³-hybridized carbons (Fsp3) is 1.00. The van der Waals surface area contributed by atoms with Crippen LogP contribution in [0, 0.1) is 11.8 Å². The largest absolute Gasteiger partial charge is 0.314 e. The summed E-state index contributed by atoms with van der Waals surface area (Å²) in [5.41, 5.74) is 0. The quantitative estimate of drug-likeness (QED) is 0.678. The lowest BCUT2D eigenvalue weighted by atomic mass is 9.82. The van der Waals surface area contributed by atoms with Gasteiger partial charge in [0.15, 0.2) is 0 Å². The minimum absolute atomic E-state index is 0.808. The molecule has 3 atom stereocenters. The monoisotopic (exact) mass is 211 g/mol. The van der Waals surface area contributed by atoms with Crippen LogP contribution < -0.4 is 5.32 Å². The molecule has 1 fully saturated rings. The highest BCUT2D eigenvalue weighted by atomic mass is 14.9. The fourth-order valence-corrected chi connectivity index (χ4v) is 2.90. The van der Waals surface area contributed by atoms with Gasteiger partial charge in [-0.2, -0.15) is 0 Å². The molecule has 1 nitrogen and oxygen atoms in total. The molecular formula is C14H29N. The van der Waals surface area contributed by atoms with Gasteiger partial charge in [0.05, 0.1) is 0 Å². The summed E-state index contributed by atoms with van der Waals surface area (Å²) >= 11 is 0. The summed E-state index contributed by atoms with van der Waals surface area (Å²) in [7, 11) is 0. The molecule has 1 rings (SSSR count). The van der Waals surface area contributed by atoms with Gasteiger partial charge in [-0.05, 0) is 37.6 Å². The third-order valence-corrected chi connectivity index (χ3v) is 4.10. The summed E-state index contributed by atoms with van der Waals surface area (Å²) in [6, 6.07) is 0.808. The van der Waals surface area contributed by atoms with Crippen LogP contribution in [0.3, 0.4) is 0 Å². The average molecular weight is 211 g/mol. The number of hydrogen-bond acceptors (Lipinski definition) is 1. The SMILES string of the molecule is CCCNC1CCCCCC1C(C)CC. The predicted molar refractivity (Wildman–Crippen MR) is 68.1 cm³/mol. The molecule has 0 saturated heterocycles. The van der Waals surface area contributed by atoms with E-state index < -0.39 is 0 Å². The maximum Gasteiger partial charge on any atom is 0.00978 e. The van der Waals surface area contributed by atoms with Crippen LogP contribution in [0.2, 0.25) is 0 Å². The van der Waals surface area contributed by atoms with Crippen molar-refractivity contribution in [2.24, 2.45) is 11.8 Å². The van der Waals surface area contributed by atoms with Gasteiger partial charge in [-0.15, -0.1) is 0 Å². The molecule has 0 amide bonds. The normalized spacial score (nSPS) is 29.8. The predicted octanol–water partition coefficient (Wildman–Crippen LogP) is 3.98. The van der Waals surface area contributed by atoms with Crippen LogP contribution in [0.4, 0.5) is 0 Å². The van der Waals surface area contributed by atoms with Crippen molar-refractivity contribution in [2.75, 3.05) is 6.54 Å². The molecule has 0 aromatic heterocycles. The first-order chi connectivity index (χ1) is 7.29. The van der Waals surface area contributed by atoms with E-state index in [1.807, 2.05) is 0 Å². The van der Waals surface area contributed by atoms with Crippen molar-refractivity contribution in [1.29, 1.82) is 0 Å². The van der Waals surface area contributed by atoms with Crippen LogP contribution in [-0.4, -0.2) is 12.6 Å². The van der Waals surface area contributed by atoms with Crippen LogP contribution >= 0.6 is 0 Å². The van der Waals surface area contributed by atoms with Gasteiger partial charge in [0, 0.05) is 6.04 Å². The summed E-state index contributed by atoms with van der Waals surface area (Å²) in [5.74, 6) is 1.83. The summed E-state index contributed by atoms with van der Waals surface area (Å²) in [4.78, 5) is 0. The van der Waals surface area contributed by atoms with Gasteiger partial charge in [-0.25, -0.2) is 0 Å². The number of hydrogen-bond donors (Lipinski definition) is 1. The van der Waals surface area contributed by atoms with E-state index in [4.69, 9.17) is 0 Å². The minimum Gasteiger partial charge on any atom is -0.314 e. The van der Waals surface area contributed by atoms with Crippen LogP contribution in [0.15, 0.2) is 0 Å². The van der Waals surface area contributed by atoms with Crippen molar-refractivity contribution in [3.05, 3.63) is 0 Å². The maximum absolute atomic E-state index is 3.78.